The Morgan fingerprint density at radius 1 is 0.842 bits per heavy atom. The van der Waals surface area contributed by atoms with Gasteiger partial charge in [0.2, 0.25) is 0 Å². The SMILES string of the molecule is C.c1ccc2c(c1)CCO2.c1ccc2occc2c1. The maximum absolute atomic E-state index is 5.30. The molecule has 2 aromatic carbocycles. The molecule has 0 aliphatic carbocycles. The second-order valence-corrected chi connectivity index (χ2v) is 4.16. The molecule has 3 aromatic rings. The fourth-order valence-electron chi connectivity index (χ4n) is 2.03. The van der Waals surface area contributed by atoms with E-state index in [1.54, 1.807) is 6.26 Å². The lowest BCUT2D eigenvalue weighted by atomic mass is 10.2. The second-order valence-electron chi connectivity index (χ2n) is 4.16. The molecule has 0 fully saturated rings. The lowest BCUT2D eigenvalue weighted by molar-refractivity contribution is 0.357. The van der Waals surface area contributed by atoms with E-state index in [0.717, 1.165) is 29.7 Å². The maximum atomic E-state index is 5.30. The van der Waals surface area contributed by atoms with Gasteiger partial charge in [0.25, 0.3) is 0 Å². The molecule has 1 aromatic heterocycles. The van der Waals surface area contributed by atoms with Gasteiger partial charge in [-0.15, -0.1) is 0 Å². The summed E-state index contributed by atoms with van der Waals surface area (Å²) in [5, 5.41) is 1.16. The molecule has 0 saturated carbocycles. The van der Waals surface area contributed by atoms with E-state index in [1.165, 1.54) is 5.56 Å². The van der Waals surface area contributed by atoms with Crippen LogP contribution in [0.3, 0.4) is 0 Å². The average molecular weight is 254 g/mol. The van der Waals surface area contributed by atoms with Gasteiger partial charge in [-0.05, 0) is 23.8 Å². The molecule has 0 atom stereocenters. The normalized spacial score (nSPS) is 11.8. The van der Waals surface area contributed by atoms with Crippen molar-refractivity contribution >= 4 is 11.0 Å². The molecule has 2 heterocycles. The summed E-state index contributed by atoms with van der Waals surface area (Å²) < 4.78 is 10.4. The van der Waals surface area contributed by atoms with Gasteiger partial charge in [-0.3, -0.25) is 0 Å². The third-order valence-electron chi connectivity index (χ3n) is 2.96. The van der Waals surface area contributed by atoms with Crippen LogP contribution in [0.15, 0.2) is 65.3 Å². The Balaban J connectivity index is 0.000000133. The lowest BCUT2D eigenvalue weighted by Crippen LogP contribution is -1.85. The van der Waals surface area contributed by atoms with Crippen molar-refractivity contribution < 1.29 is 9.15 Å². The van der Waals surface area contributed by atoms with E-state index in [9.17, 15) is 0 Å². The summed E-state index contributed by atoms with van der Waals surface area (Å²) in [6, 6.07) is 18.1. The van der Waals surface area contributed by atoms with Crippen LogP contribution in [0, 0.1) is 0 Å². The van der Waals surface area contributed by atoms with Crippen molar-refractivity contribution in [1.82, 2.24) is 0 Å². The van der Waals surface area contributed by atoms with E-state index >= 15 is 0 Å². The fourth-order valence-corrected chi connectivity index (χ4v) is 2.03. The van der Waals surface area contributed by atoms with Gasteiger partial charge in [0.1, 0.15) is 11.3 Å². The van der Waals surface area contributed by atoms with Crippen LogP contribution in [0.1, 0.15) is 13.0 Å². The Morgan fingerprint density at radius 3 is 2.47 bits per heavy atom. The number of para-hydroxylation sites is 2. The molecular formula is C17H18O2. The van der Waals surface area contributed by atoms with E-state index in [-0.39, 0.29) is 7.43 Å². The van der Waals surface area contributed by atoms with Gasteiger partial charge in [-0.2, -0.15) is 0 Å². The molecule has 0 bridgehead atoms. The summed E-state index contributed by atoms with van der Waals surface area (Å²) in [6.07, 6.45) is 2.78. The lowest BCUT2D eigenvalue weighted by Gasteiger charge is -1.93. The highest BCUT2D eigenvalue weighted by atomic mass is 16.5. The van der Waals surface area contributed by atoms with Crippen molar-refractivity contribution in [2.75, 3.05) is 6.61 Å². The molecule has 98 valence electrons. The van der Waals surface area contributed by atoms with Gasteiger partial charge in [0, 0.05) is 11.8 Å². The molecule has 4 rings (SSSR count). The quantitative estimate of drug-likeness (QED) is 0.580. The summed E-state index contributed by atoms with van der Waals surface area (Å²) in [4.78, 5) is 0. The third-order valence-corrected chi connectivity index (χ3v) is 2.96. The van der Waals surface area contributed by atoms with Crippen LogP contribution in [-0.2, 0) is 6.42 Å². The van der Waals surface area contributed by atoms with Crippen LogP contribution < -0.4 is 4.74 Å². The number of hydrogen-bond donors (Lipinski definition) is 0. The Labute approximate surface area is 113 Å². The molecule has 19 heavy (non-hydrogen) atoms. The Kier molecular flexibility index (Phi) is 4.24. The number of ether oxygens (including phenoxy) is 1. The number of benzene rings is 2. The number of fused-ring (bicyclic) bond motifs is 2. The van der Waals surface area contributed by atoms with Crippen molar-refractivity contribution in [2.45, 2.75) is 13.8 Å². The topological polar surface area (TPSA) is 22.4 Å². The Bertz CT molecular complexity index is 587. The molecule has 0 amide bonds. The van der Waals surface area contributed by atoms with Gasteiger partial charge in [0.05, 0.1) is 12.9 Å². The molecular weight excluding hydrogens is 236 g/mol. The zero-order chi connectivity index (χ0) is 12.2. The first-order valence-electron chi connectivity index (χ1n) is 6.06. The number of furan rings is 1. The predicted octanol–water partition coefficient (Wildman–Crippen LogP) is 4.69. The maximum Gasteiger partial charge on any atom is 0.133 e. The van der Waals surface area contributed by atoms with Crippen LogP contribution in [0.2, 0.25) is 0 Å². The fraction of sp³-hybridized carbons (Fsp3) is 0.176. The minimum absolute atomic E-state index is 0. The summed E-state index contributed by atoms with van der Waals surface area (Å²) in [6.45, 7) is 0.860. The largest absolute Gasteiger partial charge is 0.493 e. The minimum Gasteiger partial charge on any atom is -0.493 e. The highest BCUT2D eigenvalue weighted by Gasteiger charge is 2.08. The van der Waals surface area contributed by atoms with Crippen LogP contribution in [0.5, 0.6) is 5.75 Å². The molecule has 0 saturated heterocycles. The van der Waals surface area contributed by atoms with Crippen LogP contribution in [-0.4, -0.2) is 6.61 Å². The summed E-state index contributed by atoms with van der Waals surface area (Å²) >= 11 is 0. The zero-order valence-electron chi connectivity index (χ0n) is 10.0. The van der Waals surface area contributed by atoms with E-state index in [0.29, 0.717) is 0 Å². The van der Waals surface area contributed by atoms with Crippen molar-refractivity contribution in [3.05, 3.63) is 66.4 Å². The van der Waals surface area contributed by atoms with Crippen LogP contribution in [0.25, 0.3) is 11.0 Å². The van der Waals surface area contributed by atoms with E-state index in [4.69, 9.17) is 9.15 Å². The molecule has 2 nitrogen and oxygen atoms in total. The molecule has 1 aliphatic rings. The number of hydrogen-bond acceptors (Lipinski definition) is 2. The van der Waals surface area contributed by atoms with Gasteiger partial charge in [-0.25, -0.2) is 0 Å². The first-order valence-corrected chi connectivity index (χ1v) is 6.06. The van der Waals surface area contributed by atoms with E-state index in [1.807, 2.05) is 48.5 Å². The average Bonchev–Trinajstić information content (AvgIpc) is 3.08. The predicted molar refractivity (Wildman–Crippen MR) is 78.6 cm³/mol. The number of rotatable bonds is 0. The van der Waals surface area contributed by atoms with Crippen LogP contribution >= 0.6 is 0 Å². The van der Waals surface area contributed by atoms with E-state index < -0.39 is 0 Å². The standard InChI is InChI=1S/C8H8O.C8H6O.CH4/c2*1-2-4-8-7(3-1)5-6-9-8;/h1-4H,5-6H2;1-6H;1H4. The first-order chi connectivity index (χ1) is 8.93. The van der Waals surface area contributed by atoms with Crippen LogP contribution in [0.4, 0.5) is 0 Å². The van der Waals surface area contributed by atoms with Crippen molar-refractivity contribution in [3.63, 3.8) is 0 Å². The summed E-state index contributed by atoms with van der Waals surface area (Å²) in [5.74, 6) is 1.07. The summed E-state index contributed by atoms with van der Waals surface area (Å²) in [7, 11) is 0. The van der Waals surface area contributed by atoms with Crippen molar-refractivity contribution in [2.24, 2.45) is 0 Å². The van der Waals surface area contributed by atoms with E-state index in [2.05, 4.69) is 6.07 Å². The van der Waals surface area contributed by atoms with Crippen molar-refractivity contribution in [1.29, 1.82) is 0 Å². The third kappa shape index (κ3) is 2.97. The second kappa shape index (κ2) is 6.10. The molecule has 0 radical (unpaired) electrons. The zero-order valence-corrected chi connectivity index (χ0v) is 10.0. The summed E-state index contributed by atoms with van der Waals surface area (Å²) in [5.41, 5.74) is 2.30. The monoisotopic (exact) mass is 254 g/mol. The van der Waals surface area contributed by atoms with Gasteiger partial charge >= 0.3 is 0 Å². The molecule has 1 aliphatic heterocycles. The van der Waals surface area contributed by atoms with Crippen molar-refractivity contribution in [3.8, 4) is 5.75 Å². The molecule has 0 unspecified atom stereocenters. The van der Waals surface area contributed by atoms with Gasteiger partial charge in [0.15, 0.2) is 0 Å². The highest BCUT2D eigenvalue weighted by molar-refractivity contribution is 5.76. The smallest absolute Gasteiger partial charge is 0.133 e. The Hall–Kier alpha value is -2.22. The minimum atomic E-state index is 0. The first kappa shape index (κ1) is 13.2. The Morgan fingerprint density at radius 2 is 1.63 bits per heavy atom. The molecule has 2 heteroatoms. The van der Waals surface area contributed by atoms with Gasteiger partial charge < -0.3 is 9.15 Å². The highest BCUT2D eigenvalue weighted by Crippen LogP contribution is 2.23. The van der Waals surface area contributed by atoms with Gasteiger partial charge in [-0.1, -0.05) is 43.8 Å². The molecule has 0 N–H and O–H groups in total. The molecule has 0 spiro atoms.